The van der Waals surface area contributed by atoms with E-state index in [1.807, 2.05) is 0 Å². The Bertz CT molecular complexity index is 177. The molecular weight excluding hydrogens is 321 g/mol. The van der Waals surface area contributed by atoms with E-state index in [-0.39, 0.29) is 0 Å². The Labute approximate surface area is 93.8 Å². The monoisotopic (exact) mass is 326 g/mol. The molecule has 1 atom stereocenters. The highest BCUT2D eigenvalue weighted by Crippen LogP contribution is 2.28. The van der Waals surface area contributed by atoms with Gasteiger partial charge in [0.25, 0.3) is 0 Å². The predicted molar refractivity (Wildman–Crippen MR) is 58.4 cm³/mol. The molecule has 0 aromatic rings. The molecule has 0 radical (unpaired) electrons. The molecule has 0 amide bonds. The predicted octanol–water partition coefficient (Wildman–Crippen LogP) is 2.16. The smallest absolute Gasteiger partial charge is 0.247 e. The number of hydrogen-bond donors (Lipinski definition) is 1. The highest BCUT2D eigenvalue weighted by Gasteiger charge is 2.32. The Morgan fingerprint density at radius 1 is 1.64 bits per heavy atom. The third-order valence-corrected chi connectivity index (χ3v) is 2.87. The fraction of sp³-hybridized carbons (Fsp3) is 0.800. The van der Waals surface area contributed by atoms with Gasteiger partial charge < -0.3 is 5.32 Å². The van der Waals surface area contributed by atoms with Gasteiger partial charge in [-0.25, -0.2) is 0 Å². The zero-order valence-corrected chi connectivity index (χ0v) is 9.88. The van der Waals surface area contributed by atoms with E-state index in [4.69, 9.17) is 34.8 Å². The van der Waals surface area contributed by atoms with Crippen LogP contribution in [0.5, 0.6) is 0 Å². The summed E-state index contributed by atoms with van der Waals surface area (Å²) in [6.07, 6.45) is 0. The van der Waals surface area contributed by atoms with Crippen molar-refractivity contribution in [2.24, 2.45) is 4.99 Å². The number of hydrogen-bond acceptors (Lipinski definition) is 2. The van der Waals surface area contributed by atoms with Crippen molar-refractivity contribution >= 4 is 63.2 Å². The molecule has 0 aromatic heterocycles. The van der Waals surface area contributed by atoms with Crippen LogP contribution in [-0.2, 0) is 0 Å². The number of alkyl halides is 4. The van der Waals surface area contributed by atoms with E-state index < -0.39 is 3.79 Å². The van der Waals surface area contributed by atoms with Gasteiger partial charge >= 0.3 is 0 Å². The molecule has 0 saturated heterocycles. The molecule has 0 aromatic carbocycles. The molecule has 1 N–H and O–H groups in total. The maximum absolute atomic E-state index is 5.60. The number of aliphatic imine (C=N–C) groups is 1. The summed E-state index contributed by atoms with van der Waals surface area (Å²) in [4.78, 5) is 4.06. The first kappa shape index (κ1) is 10.2. The van der Waals surface area contributed by atoms with E-state index in [9.17, 15) is 0 Å². The number of nitrogens with one attached hydrogen (secondary N) is 1. The highest BCUT2D eigenvalue weighted by molar-refractivity contribution is 14.1. The Balaban J connectivity index is 2.53. The molecule has 1 aliphatic rings. The lowest BCUT2D eigenvalue weighted by atomic mass is 10.4. The van der Waals surface area contributed by atoms with Crippen molar-refractivity contribution in [3.63, 3.8) is 0 Å². The van der Waals surface area contributed by atoms with Crippen LogP contribution >= 0.6 is 57.4 Å². The minimum absolute atomic E-state index is 0.321. The summed E-state index contributed by atoms with van der Waals surface area (Å²) in [5.74, 6) is 0.462. The van der Waals surface area contributed by atoms with Crippen molar-refractivity contribution in [3.05, 3.63) is 0 Å². The molecule has 11 heavy (non-hydrogen) atoms. The van der Waals surface area contributed by atoms with Crippen molar-refractivity contribution in [3.8, 4) is 0 Å². The van der Waals surface area contributed by atoms with Crippen LogP contribution in [0.25, 0.3) is 0 Å². The molecule has 1 rings (SSSR count). The van der Waals surface area contributed by atoms with Crippen LogP contribution in [0.2, 0.25) is 0 Å². The molecule has 6 heteroatoms. The number of amidine groups is 1. The first-order valence-corrected chi connectivity index (χ1v) is 5.64. The van der Waals surface area contributed by atoms with E-state index in [0.717, 1.165) is 4.43 Å². The fourth-order valence-corrected chi connectivity index (χ4v) is 1.59. The molecular formula is C5H6Cl3IN2. The summed E-state index contributed by atoms with van der Waals surface area (Å²) in [7, 11) is 0. The molecule has 2 nitrogen and oxygen atoms in total. The normalized spacial score (nSPS) is 24.7. The van der Waals surface area contributed by atoms with E-state index >= 15 is 0 Å². The molecule has 1 heterocycles. The quantitative estimate of drug-likeness (QED) is 0.579. The fourth-order valence-electron chi connectivity index (χ4n) is 0.745. The van der Waals surface area contributed by atoms with Crippen molar-refractivity contribution in [2.45, 2.75) is 9.83 Å². The Morgan fingerprint density at radius 2 is 2.27 bits per heavy atom. The van der Waals surface area contributed by atoms with Crippen molar-refractivity contribution in [1.29, 1.82) is 0 Å². The minimum Gasteiger partial charge on any atom is -0.365 e. The maximum Gasteiger partial charge on any atom is 0.247 e. The van der Waals surface area contributed by atoms with E-state index in [1.165, 1.54) is 0 Å². The van der Waals surface area contributed by atoms with Gasteiger partial charge in [0.05, 0.1) is 12.6 Å². The van der Waals surface area contributed by atoms with Crippen LogP contribution < -0.4 is 5.32 Å². The Hall–Kier alpha value is 1.07. The lowest BCUT2D eigenvalue weighted by Gasteiger charge is -2.13. The van der Waals surface area contributed by atoms with Crippen LogP contribution in [0.15, 0.2) is 4.99 Å². The van der Waals surface area contributed by atoms with Crippen LogP contribution in [0.1, 0.15) is 0 Å². The Kier molecular flexibility index (Phi) is 3.56. The lowest BCUT2D eigenvalue weighted by molar-refractivity contribution is 0.744. The first-order chi connectivity index (χ1) is 5.04. The number of rotatable bonds is 1. The second kappa shape index (κ2) is 3.85. The SMILES string of the molecule is ClC(Cl)(Cl)C1=NCC(CI)N1. The van der Waals surface area contributed by atoms with Gasteiger partial charge in [-0.1, -0.05) is 57.4 Å². The van der Waals surface area contributed by atoms with Crippen LogP contribution in [0.4, 0.5) is 0 Å². The second-order valence-electron chi connectivity index (χ2n) is 2.18. The van der Waals surface area contributed by atoms with Gasteiger partial charge in [-0.05, 0) is 0 Å². The standard InChI is InChI=1S/C5H6Cl3IN2/c6-5(7,8)4-10-2-3(1-9)11-4/h3H,1-2H2,(H,10,11). The summed E-state index contributed by atoms with van der Waals surface area (Å²) < 4.78 is -0.425. The largest absolute Gasteiger partial charge is 0.365 e. The average molecular weight is 327 g/mol. The van der Waals surface area contributed by atoms with Gasteiger partial charge in [0.15, 0.2) is 0 Å². The van der Waals surface area contributed by atoms with Gasteiger partial charge in [0.2, 0.25) is 3.79 Å². The van der Waals surface area contributed by atoms with Crippen LogP contribution in [-0.4, -0.2) is 26.6 Å². The molecule has 0 spiro atoms. The topological polar surface area (TPSA) is 24.4 Å². The molecule has 0 bridgehead atoms. The number of nitrogens with zero attached hydrogens (tertiary/aromatic N) is 1. The molecule has 0 saturated carbocycles. The average Bonchev–Trinajstić information content (AvgIpc) is 2.32. The van der Waals surface area contributed by atoms with Gasteiger partial charge in [-0.15, -0.1) is 0 Å². The molecule has 0 fully saturated rings. The summed E-state index contributed by atoms with van der Waals surface area (Å²) in [5.41, 5.74) is 0. The van der Waals surface area contributed by atoms with Crippen molar-refractivity contribution < 1.29 is 0 Å². The first-order valence-electron chi connectivity index (χ1n) is 2.98. The van der Waals surface area contributed by atoms with E-state index in [2.05, 4.69) is 32.9 Å². The van der Waals surface area contributed by atoms with E-state index in [0.29, 0.717) is 18.4 Å². The van der Waals surface area contributed by atoms with E-state index in [1.54, 1.807) is 0 Å². The maximum atomic E-state index is 5.60. The molecule has 0 aliphatic carbocycles. The van der Waals surface area contributed by atoms with Crippen LogP contribution in [0, 0.1) is 0 Å². The van der Waals surface area contributed by atoms with Crippen molar-refractivity contribution in [1.82, 2.24) is 5.32 Å². The highest BCUT2D eigenvalue weighted by atomic mass is 127. The third-order valence-electron chi connectivity index (χ3n) is 1.27. The summed E-state index contributed by atoms with van der Waals surface area (Å²) >= 11 is 19.1. The van der Waals surface area contributed by atoms with Gasteiger partial charge in [-0.3, -0.25) is 4.99 Å². The summed E-state index contributed by atoms with van der Waals surface area (Å²) in [6.45, 7) is 0.701. The van der Waals surface area contributed by atoms with Gasteiger partial charge in [0.1, 0.15) is 5.84 Å². The van der Waals surface area contributed by atoms with Crippen LogP contribution in [0.3, 0.4) is 0 Å². The number of halogens is 4. The summed E-state index contributed by atoms with van der Waals surface area (Å²) in [6, 6.07) is 0.321. The summed E-state index contributed by atoms with van der Waals surface area (Å²) in [5, 5.41) is 3.03. The lowest BCUT2D eigenvalue weighted by Crippen LogP contribution is -2.37. The Morgan fingerprint density at radius 3 is 2.55 bits per heavy atom. The second-order valence-corrected chi connectivity index (χ2v) is 5.34. The molecule has 1 aliphatic heterocycles. The molecule has 64 valence electrons. The van der Waals surface area contributed by atoms with Gasteiger partial charge in [0, 0.05) is 4.43 Å². The third kappa shape index (κ3) is 2.79. The zero-order valence-electron chi connectivity index (χ0n) is 5.45. The minimum atomic E-state index is -1.39. The van der Waals surface area contributed by atoms with Crippen molar-refractivity contribution in [2.75, 3.05) is 11.0 Å². The van der Waals surface area contributed by atoms with Gasteiger partial charge in [-0.2, -0.15) is 0 Å². The molecule has 1 unspecified atom stereocenters. The zero-order chi connectivity index (χ0) is 8.48.